The zero-order valence-corrected chi connectivity index (χ0v) is 7.92. The number of aromatic nitrogens is 3. The first-order valence-corrected chi connectivity index (χ1v) is 4.49. The molecule has 2 rings (SSSR count). The van der Waals surface area contributed by atoms with Gasteiger partial charge in [0.1, 0.15) is 0 Å². The molecule has 78 valence electrons. The number of nitrogens with zero attached hydrogens (tertiary/aromatic N) is 3. The first kappa shape index (κ1) is 9.60. The number of nitrogens with one attached hydrogen (secondary N) is 1. The number of aliphatic hydroxyl groups excluding tert-OH is 1. The lowest BCUT2D eigenvalue weighted by Crippen LogP contribution is -2.26. The standard InChI is InChI=1S/C9H10N4O2/c14-4-2-11-9(15)7-5-12-13-3-1-10-6-8(7)13/h1,3,5-6,14H,2,4H2,(H,11,15). The van der Waals surface area contributed by atoms with Gasteiger partial charge in [-0.05, 0) is 0 Å². The van der Waals surface area contributed by atoms with Crippen LogP contribution in [0.25, 0.3) is 5.52 Å². The van der Waals surface area contributed by atoms with E-state index in [0.717, 1.165) is 0 Å². The Bertz CT molecular complexity index is 480. The number of hydrogen-bond donors (Lipinski definition) is 2. The predicted octanol–water partition coefficient (Wildman–Crippen LogP) is -0.549. The molecule has 0 aliphatic rings. The minimum Gasteiger partial charge on any atom is -0.395 e. The molecule has 2 N–H and O–H groups in total. The molecule has 2 aromatic rings. The third kappa shape index (κ3) is 1.79. The Labute approximate surface area is 85.6 Å². The number of carbonyl (C=O) groups excluding carboxylic acids is 1. The van der Waals surface area contributed by atoms with Crippen LogP contribution in [-0.4, -0.2) is 38.8 Å². The van der Waals surface area contributed by atoms with Crippen LogP contribution in [0.3, 0.4) is 0 Å². The van der Waals surface area contributed by atoms with Crippen LogP contribution in [0.2, 0.25) is 0 Å². The van der Waals surface area contributed by atoms with Crippen LogP contribution in [0.4, 0.5) is 0 Å². The van der Waals surface area contributed by atoms with Gasteiger partial charge in [-0.2, -0.15) is 5.10 Å². The van der Waals surface area contributed by atoms with E-state index in [1.165, 1.54) is 6.20 Å². The first-order valence-electron chi connectivity index (χ1n) is 4.49. The van der Waals surface area contributed by atoms with E-state index < -0.39 is 0 Å². The van der Waals surface area contributed by atoms with E-state index in [1.807, 2.05) is 0 Å². The molecule has 1 amide bonds. The van der Waals surface area contributed by atoms with Gasteiger partial charge in [-0.1, -0.05) is 0 Å². The number of amides is 1. The molecular weight excluding hydrogens is 196 g/mol. The highest BCUT2D eigenvalue weighted by atomic mass is 16.3. The van der Waals surface area contributed by atoms with Crippen molar-refractivity contribution >= 4 is 11.4 Å². The average Bonchev–Trinajstić information content (AvgIpc) is 2.69. The zero-order valence-electron chi connectivity index (χ0n) is 7.92. The average molecular weight is 206 g/mol. The van der Waals surface area contributed by atoms with Crippen molar-refractivity contribution in [1.29, 1.82) is 0 Å². The molecule has 0 atom stereocenters. The summed E-state index contributed by atoms with van der Waals surface area (Å²) < 4.78 is 1.57. The molecule has 0 unspecified atom stereocenters. The summed E-state index contributed by atoms with van der Waals surface area (Å²) in [6.07, 6.45) is 6.30. The maximum atomic E-state index is 11.6. The van der Waals surface area contributed by atoms with Gasteiger partial charge >= 0.3 is 0 Å². The van der Waals surface area contributed by atoms with Crippen molar-refractivity contribution in [2.45, 2.75) is 0 Å². The minimum absolute atomic E-state index is 0.0802. The summed E-state index contributed by atoms with van der Waals surface area (Å²) in [4.78, 5) is 15.5. The van der Waals surface area contributed by atoms with Crippen LogP contribution in [0.15, 0.2) is 24.8 Å². The molecule has 0 fully saturated rings. The van der Waals surface area contributed by atoms with Crippen molar-refractivity contribution in [3.05, 3.63) is 30.4 Å². The van der Waals surface area contributed by atoms with E-state index in [0.29, 0.717) is 11.1 Å². The van der Waals surface area contributed by atoms with Gasteiger partial charge in [0, 0.05) is 18.9 Å². The lowest BCUT2D eigenvalue weighted by atomic mass is 10.3. The fraction of sp³-hybridized carbons (Fsp3) is 0.222. The summed E-state index contributed by atoms with van der Waals surface area (Å²) in [7, 11) is 0. The SMILES string of the molecule is O=C(NCCO)c1cnn2ccncc12. The highest BCUT2D eigenvalue weighted by molar-refractivity contribution is 6.00. The van der Waals surface area contributed by atoms with E-state index in [2.05, 4.69) is 15.4 Å². The molecule has 0 saturated heterocycles. The molecule has 0 aromatic carbocycles. The van der Waals surface area contributed by atoms with Crippen molar-refractivity contribution in [2.24, 2.45) is 0 Å². The molecule has 0 aliphatic carbocycles. The van der Waals surface area contributed by atoms with Crippen LogP contribution in [0, 0.1) is 0 Å². The smallest absolute Gasteiger partial charge is 0.255 e. The van der Waals surface area contributed by atoms with Crippen molar-refractivity contribution in [3.63, 3.8) is 0 Å². The van der Waals surface area contributed by atoms with Crippen molar-refractivity contribution in [2.75, 3.05) is 13.2 Å². The van der Waals surface area contributed by atoms with E-state index in [4.69, 9.17) is 5.11 Å². The summed E-state index contributed by atoms with van der Waals surface area (Å²) in [5, 5.41) is 15.1. The Morgan fingerprint density at radius 1 is 1.53 bits per heavy atom. The number of aliphatic hydroxyl groups is 1. The molecule has 0 aliphatic heterocycles. The van der Waals surface area contributed by atoms with Crippen molar-refractivity contribution in [3.8, 4) is 0 Å². The third-order valence-electron chi connectivity index (χ3n) is 1.97. The summed E-state index contributed by atoms with van der Waals surface area (Å²) in [6.45, 7) is 0.152. The molecule has 2 heterocycles. The van der Waals surface area contributed by atoms with Gasteiger partial charge in [0.25, 0.3) is 5.91 Å². The molecule has 6 heteroatoms. The molecule has 0 saturated carbocycles. The molecule has 15 heavy (non-hydrogen) atoms. The van der Waals surface area contributed by atoms with Gasteiger partial charge in [-0.3, -0.25) is 9.78 Å². The molecule has 0 radical (unpaired) electrons. The van der Waals surface area contributed by atoms with Gasteiger partial charge in [-0.25, -0.2) is 4.52 Å². The lowest BCUT2D eigenvalue weighted by molar-refractivity contribution is 0.0946. The molecule has 0 bridgehead atoms. The van der Waals surface area contributed by atoms with E-state index in [-0.39, 0.29) is 19.1 Å². The fourth-order valence-electron chi connectivity index (χ4n) is 1.27. The number of carbonyl (C=O) groups is 1. The van der Waals surface area contributed by atoms with Gasteiger partial charge in [0.15, 0.2) is 0 Å². The van der Waals surface area contributed by atoms with Crippen LogP contribution in [0.5, 0.6) is 0 Å². The third-order valence-corrected chi connectivity index (χ3v) is 1.97. The Morgan fingerprint density at radius 2 is 2.40 bits per heavy atom. The van der Waals surface area contributed by atoms with Crippen molar-refractivity contribution < 1.29 is 9.90 Å². The van der Waals surface area contributed by atoms with Crippen LogP contribution < -0.4 is 5.32 Å². The van der Waals surface area contributed by atoms with Crippen molar-refractivity contribution in [1.82, 2.24) is 19.9 Å². The zero-order chi connectivity index (χ0) is 10.7. The second-order valence-corrected chi connectivity index (χ2v) is 2.94. The Kier molecular flexibility index (Phi) is 2.59. The Morgan fingerprint density at radius 3 is 3.20 bits per heavy atom. The van der Waals surface area contributed by atoms with Crippen LogP contribution >= 0.6 is 0 Å². The second-order valence-electron chi connectivity index (χ2n) is 2.94. The second kappa shape index (κ2) is 4.05. The molecule has 2 aromatic heterocycles. The first-order chi connectivity index (χ1) is 7.33. The number of hydrogen-bond acceptors (Lipinski definition) is 4. The monoisotopic (exact) mass is 206 g/mol. The van der Waals surface area contributed by atoms with Crippen LogP contribution in [-0.2, 0) is 0 Å². The molecule has 6 nitrogen and oxygen atoms in total. The molecular formula is C9H10N4O2. The summed E-state index contributed by atoms with van der Waals surface area (Å²) in [5.74, 6) is -0.257. The predicted molar refractivity (Wildman–Crippen MR) is 52.4 cm³/mol. The lowest BCUT2D eigenvalue weighted by Gasteiger charge is -2.00. The van der Waals surface area contributed by atoms with Gasteiger partial charge in [0.2, 0.25) is 0 Å². The fourth-order valence-corrected chi connectivity index (χ4v) is 1.27. The maximum Gasteiger partial charge on any atom is 0.255 e. The summed E-state index contributed by atoms with van der Waals surface area (Å²) >= 11 is 0. The quantitative estimate of drug-likeness (QED) is 0.706. The highest BCUT2D eigenvalue weighted by Gasteiger charge is 2.11. The van der Waals surface area contributed by atoms with Gasteiger partial charge in [-0.15, -0.1) is 0 Å². The van der Waals surface area contributed by atoms with Gasteiger partial charge in [0.05, 0.1) is 30.1 Å². The number of fused-ring (bicyclic) bond motifs is 1. The normalized spacial score (nSPS) is 10.5. The topological polar surface area (TPSA) is 79.5 Å². The molecule has 0 spiro atoms. The van der Waals surface area contributed by atoms with Crippen LogP contribution in [0.1, 0.15) is 10.4 Å². The summed E-state index contributed by atoms with van der Waals surface area (Å²) in [6, 6.07) is 0. The Hall–Kier alpha value is -1.95. The van der Waals surface area contributed by atoms with E-state index >= 15 is 0 Å². The van der Waals surface area contributed by atoms with E-state index in [1.54, 1.807) is 23.1 Å². The number of rotatable bonds is 3. The maximum absolute atomic E-state index is 11.6. The minimum atomic E-state index is -0.257. The Balaban J connectivity index is 2.31. The van der Waals surface area contributed by atoms with E-state index in [9.17, 15) is 4.79 Å². The van der Waals surface area contributed by atoms with Gasteiger partial charge < -0.3 is 10.4 Å². The largest absolute Gasteiger partial charge is 0.395 e. The summed E-state index contributed by atoms with van der Waals surface area (Å²) in [5.41, 5.74) is 1.10. The highest BCUT2D eigenvalue weighted by Crippen LogP contribution is 2.07.